The first-order valence-corrected chi connectivity index (χ1v) is 9.30. The van der Waals surface area contributed by atoms with Gasteiger partial charge in [0, 0.05) is 22.7 Å². The molecule has 0 fully saturated rings. The van der Waals surface area contributed by atoms with Gasteiger partial charge in [0.2, 0.25) is 0 Å². The van der Waals surface area contributed by atoms with Crippen molar-refractivity contribution in [3.8, 4) is 0 Å². The number of anilines is 1. The zero-order valence-corrected chi connectivity index (χ0v) is 15.8. The molecule has 0 saturated carbocycles. The Morgan fingerprint density at radius 1 is 1.23 bits per heavy atom. The Morgan fingerprint density at radius 2 is 1.96 bits per heavy atom. The van der Waals surface area contributed by atoms with E-state index in [9.17, 15) is 9.90 Å². The van der Waals surface area contributed by atoms with Gasteiger partial charge in [-0.3, -0.25) is 9.79 Å². The van der Waals surface area contributed by atoms with Gasteiger partial charge in [-0.2, -0.15) is 0 Å². The monoisotopic (exact) mass is 370 g/mol. The van der Waals surface area contributed by atoms with Crippen LogP contribution in [-0.4, -0.2) is 35.9 Å². The van der Waals surface area contributed by atoms with E-state index in [0.29, 0.717) is 5.02 Å². The lowest BCUT2D eigenvalue weighted by molar-refractivity contribution is -0.120. The highest BCUT2D eigenvalue weighted by molar-refractivity contribution is 6.32. The topological polar surface area (TPSA) is 52.9 Å². The van der Waals surface area contributed by atoms with Crippen LogP contribution in [0, 0.1) is 5.92 Å². The molecule has 3 rings (SSSR count). The summed E-state index contributed by atoms with van der Waals surface area (Å²) in [5, 5.41) is 10.1. The van der Waals surface area contributed by atoms with E-state index < -0.39 is 6.04 Å². The van der Waals surface area contributed by atoms with Crippen molar-refractivity contribution < 1.29 is 9.90 Å². The van der Waals surface area contributed by atoms with Crippen molar-refractivity contribution in [1.29, 1.82) is 0 Å². The third kappa shape index (κ3) is 3.53. The third-order valence-corrected chi connectivity index (χ3v) is 5.08. The minimum Gasteiger partial charge on any atom is -0.395 e. The summed E-state index contributed by atoms with van der Waals surface area (Å²) in [7, 11) is 0. The number of hydrogen-bond acceptors (Lipinski definition) is 3. The van der Waals surface area contributed by atoms with E-state index in [0.717, 1.165) is 28.9 Å². The fraction of sp³-hybridized carbons (Fsp3) is 0.333. The summed E-state index contributed by atoms with van der Waals surface area (Å²) < 4.78 is 0. The normalized spacial score (nSPS) is 18.2. The first-order valence-electron chi connectivity index (χ1n) is 8.92. The van der Waals surface area contributed by atoms with Crippen molar-refractivity contribution in [3.63, 3.8) is 0 Å². The zero-order valence-electron chi connectivity index (χ0n) is 15.0. The van der Waals surface area contributed by atoms with Gasteiger partial charge in [0.15, 0.2) is 0 Å². The molecule has 4 nitrogen and oxygen atoms in total. The fourth-order valence-electron chi connectivity index (χ4n) is 3.23. The number of carbonyl (C=O) groups excluding carboxylic acids is 1. The number of aliphatic hydroxyl groups is 1. The van der Waals surface area contributed by atoms with Crippen LogP contribution in [0.4, 0.5) is 5.69 Å². The number of amides is 1. The van der Waals surface area contributed by atoms with E-state index in [1.165, 1.54) is 0 Å². The quantitative estimate of drug-likeness (QED) is 0.866. The lowest BCUT2D eigenvalue weighted by atomic mass is 9.98. The van der Waals surface area contributed by atoms with E-state index >= 15 is 0 Å². The van der Waals surface area contributed by atoms with Crippen molar-refractivity contribution in [2.24, 2.45) is 10.9 Å². The SMILES string of the molecule is CC[C@H](C)C1N=C(c2ccccc2)c2cc(Cl)ccc2N(CCO)C1=O. The van der Waals surface area contributed by atoms with E-state index in [4.69, 9.17) is 16.6 Å². The molecule has 0 radical (unpaired) electrons. The van der Waals surface area contributed by atoms with Gasteiger partial charge >= 0.3 is 0 Å². The molecule has 1 heterocycles. The maximum atomic E-state index is 13.2. The van der Waals surface area contributed by atoms with Crippen LogP contribution in [0.5, 0.6) is 0 Å². The van der Waals surface area contributed by atoms with Crippen molar-refractivity contribution in [3.05, 3.63) is 64.7 Å². The molecule has 0 saturated heterocycles. The Balaban J connectivity index is 2.26. The molecule has 2 aromatic carbocycles. The number of benzodiazepines with no additional fused rings is 1. The predicted molar refractivity (Wildman–Crippen MR) is 106 cm³/mol. The van der Waals surface area contributed by atoms with E-state index in [1.54, 1.807) is 11.0 Å². The highest BCUT2D eigenvalue weighted by Gasteiger charge is 2.34. The molecular formula is C21H23ClN2O2. The average Bonchev–Trinajstić information content (AvgIpc) is 2.77. The number of rotatable bonds is 5. The highest BCUT2D eigenvalue weighted by Crippen LogP contribution is 2.32. The summed E-state index contributed by atoms with van der Waals surface area (Å²) in [5.74, 6) is 0.00935. The number of nitrogens with zero attached hydrogens (tertiary/aromatic N) is 2. The second-order valence-corrected chi connectivity index (χ2v) is 6.99. The van der Waals surface area contributed by atoms with Crippen molar-refractivity contribution in [2.45, 2.75) is 26.3 Å². The van der Waals surface area contributed by atoms with Crippen LogP contribution in [0.3, 0.4) is 0 Å². The van der Waals surface area contributed by atoms with Crippen LogP contribution in [0.1, 0.15) is 31.4 Å². The number of carbonyl (C=O) groups is 1. The fourth-order valence-corrected chi connectivity index (χ4v) is 3.40. The number of β-amino-alcohol motifs (C(OH)–C–C–N with tert-alkyl or cyclic N) is 1. The third-order valence-electron chi connectivity index (χ3n) is 4.85. The van der Waals surface area contributed by atoms with Gasteiger partial charge in [-0.1, -0.05) is 62.2 Å². The first-order chi connectivity index (χ1) is 12.6. The van der Waals surface area contributed by atoms with Gasteiger partial charge in [0.1, 0.15) is 6.04 Å². The Labute approximate surface area is 159 Å². The van der Waals surface area contributed by atoms with Gasteiger partial charge in [0.05, 0.1) is 18.0 Å². The van der Waals surface area contributed by atoms with Crippen molar-refractivity contribution in [1.82, 2.24) is 0 Å². The summed E-state index contributed by atoms with van der Waals surface area (Å²) in [6.45, 7) is 4.22. The molecule has 0 aromatic heterocycles. The molecule has 0 bridgehead atoms. The average molecular weight is 371 g/mol. The second-order valence-electron chi connectivity index (χ2n) is 6.55. The van der Waals surface area contributed by atoms with Crippen molar-refractivity contribution >= 4 is 28.9 Å². The molecule has 1 aliphatic heterocycles. The molecule has 136 valence electrons. The molecular weight excluding hydrogens is 348 g/mol. The Hall–Kier alpha value is -2.17. The van der Waals surface area contributed by atoms with Gasteiger partial charge in [-0.15, -0.1) is 0 Å². The molecule has 0 aliphatic carbocycles. The highest BCUT2D eigenvalue weighted by atomic mass is 35.5. The van der Waals surface area contributed by atoms with Gasteiger partial charge < -0.3 is 10.0 Å². The molecule has 26 heavy (non-hydrogen) atoms. The summed E-state index contributed by atoms with van der Waals surface area (Å²) in [4.78, 5) is 19.8. The summed E-state index contributed by atoms with van der Waals surface area (Å²) in [6.07, 6.45) is 0.839. The Morgan fingerprint density at radius 3 is 2.62 bits per heavy atom. The lowest BCUT2D eigenvalue weighted by Gasteiger charge is -2.26. The number of hydrogen-bond donors (Lipinski definition) is 1. The number of aliphatic hydroxyl groups excluding tert-OH is 1. The Bertz CT molecular complexity index is 820. The number of aliphatic imine (C=N–C) groups is 1. The van der Waals surface area contributed by atoms with Crippen LogP contribution in [0.2, 0.25) is 5.02 Å². The number of fused-ring (bicyclic) bond motifs is 1. The molecule has 1 N–H and O–H groups in total. The van der Waals surface area contributed by atoms with Crippen LogP contribution in [0.25, 0.3) is 0 Å². The van der Waals surface area contributed by atoms with Gasteiger partial charge in [-0.25, -0.2) is 0 Å². The van der Waals surface area contributed by atoms with Crippen LogP contribution in [0.15, 0.2) is 53.5 Å². The van der Waals surface area contributed by atoms with Crippen LogP contribution >= 0.6 is 11.6 Å². The van der Waals surface area contributed by atoms with E-state index in [2.05, 4.69) is 6.92 Å². The molecule has 5 heteroatoms. The van der Waals surface area contributed by atoms with Gasteiger partial charge in [0.25, 0.3) is 5.91 Å². The summed E-state index contributed by atoms with van der Waals surface area (Å²) in [6, 6.07) is 14.8. The standard InChI is InChI=1S/C21H23ClN2O2/c1-3-14(2)19-21(26)24(11-12-25)18-10-9-16(22)13-17(18)20(23-19)15-7-5-4-6-8-15/h4-10,13-14,19,25H,3,11-12H2,1-2H3/t14-,19?/m0/s1. The number of benzene rings is 2. The minimum absolute atomic E-state index is 0.0806. The number of halogens is 1. The van der Waals surface area contributed by atoms with E-state index in [-0.39, 0.29) is 25.0 Å². The summed E-state index contributed by atoms with van der Waals surface area (Å²) >= 11 is 6.26. The predicted octanol–water partition coefficient (Wildman–Crippen LogP) is 3.93. The van der Waals surface area contributed by atoms with Crippen LogP contribution < -0.4 is 4.90 Å². The zero-order chi connectivity index (χ0) is 18.7. The van der Waals surface area contributed by atoms with Crippen LogP contribution in [-0.2, 0) is 4.79 Å². The lowest BCUT2D eigenvalue weighted by Crippen LogP contribution is -2.42. The minimum atomic E-state index is -0.493. The molecule has 2 aromatic rings. The van der Waals surface area contributed by atoms with E-state index in [1.807, 2.05) is 49.4 Å². The van der Waals surface area contributed by atoms with Gasteiger partial charge in [-0.05, 0) is 24.1 Å². The maximum absolute atomic E-state index is 13.2. The Kier molecular flexibility index (Phi) is 5.74. The maximum Gasteiger partial charge on any atom is 0.252 e. The first kappa shape index (κ1) is 18.6. The van der Waals surface area contributed by atoms with Crippen molar-refractivity contribution in [2.75, 3.05) is 18.1 Å². The molecule has 2 atom stereocenters. The smallest absolute Gasteiger partial charge is 0.252 e. The molecule has 1 amide bonds. The molecule has 0 spiro atoms. The largest absolute Gasteiger partial charge is 0.395 e. The molecule has 1 aliphatic rings. The second kappa shape index (κ2) is 8.02. The summed E-state index contributed by atoms with van der Waals surface area (Å²) in [5.41, 5.74) is 3.27. The molecule has 1 unspecified atom stereocenters.